The van der Waals surface area contributed by atoms with Crippen LogP contribution in [0.2, 0.25) is 0 Å². The minimum absolute atomic E-state index is 0.0596. The lowest BCUT2D eigenvalue weighted by Gasteiger charge is -2.46. The highest BCUT2D eigenvalue weighted by atomic mass is 32.1. The number of aliphatic hydroxyl groups is 3. The highest BCUT2D eigenvalue weighted by molar-refractivity contribution is 7.83. The Morgan fingerprint density at radius 1 is 0.778 bits per heavy atom. The summed E-state index contributed by atoms with van der Waals surface area (Å²) in [6.07, 6.45) is 2.47. The third-order valence-corrected chi connectivity index (χ3v) is 5.90. The van der Waals surface area contributed by atoms with E-state index in [-0.39, 0.29) is 41.0 Å². The van der Waals surface area contributed by atoms with E-state index < -0.39 is 0 Å². The molecule has 0 bridgehead atoms. The van der Waals surface area contributed by atoms with Crippen LogP contribution in [-0.2, 0) is 0 Å². The lowest BCUT2D eigenvalue weighted by molar-refractivity contribution is 0.166. The van der Waals surface area contributed by atoms with E-state index in [0.717, 1.165) is 6.42 Å². The standard InChI is InChI=1S/C12H26O3S3/c1-2-12(9(16)3-6-13,10(17)4-7-14)11(18)5-8-15/h9-11,13-18H,2-8H2,1H3. The maximum absolute atomic E-state index is 9.12. The highest BCUT2D eigenvalue weighted by Gasteiger charge is 2.45. The smallest absolute Gasteiger partial charge is 0.0441 e. The summed E-state index contributed by atoms with van der Waals surface area (Å²) in [5.74, 6) is 0. The highest BCUT2D eigenvalue weighted by Crippen LogP contribution is 2.46. The molecule has 0 aliphatic rings. The van der Waals surface area contributed by atoms with Gasteiger partial charge in [-0.1, -0.05) is 6.92 Å². The molecule has 0 saturated heterocycles. The van der Waals surface area contributed by atoms with Gasteiger partial charge in [0, 0.05) is 41.0 Å². The zero-order valence-electron chi connectivity index (χ0n) is 10.9. The van der Waals surface area contributed by atoms with E-state index in [1.54, 1.807) is 0 Å². The number of thiol groups is 3. The Labute approximate surface area is 127 Å². The molecule has 3 N–H and O–H groups in total. The van der Waals surface area contributed by atoms with Gasteiger partial charge in [0.25, 0.3) is 0 Å². The van der Waals surface area contributed by atoms with Crippen LogP contribution in [0, 0.1) is 5.41 Å². The number of hydrogen-bond donors (Lipinski definition) is 6. The average molecular weight is 315 g/mol. The molecule has 0 radical (unpaired) electrons. The monoisotopic (exact) mass is 314 g/mol. The predicted octanol–water partition coefficient (Wildman–Crippen LogP) is 1.43. The molecule has 0 aromatic heterocycles. The summed E-state index contributed by atoms with van der Waals surface area (Å²) in [6, 6.07) is 0. The largest absolute Gasteiger partial charge is 0.396 e. The quantitative estimate of drug-likeness (QED) is 0.346. The maximum Gasteiger partial charge on any atom is 0.0441 e. The van der Waals surface area contributed by atoms with Crippen molar-refractivity contribution in [3.8, 4) is 0 Å². The van der Waals surface area contributed by atoms with Crippen molar-refractivity contribution < 1.29 is 15.3 Å². The Morgan fingerprint density at radius 2 is 1.06 bits per heavy atom. The molecule has 3 unspecified atom stereocenters. The molecule has 6 heteroatoms. The Kier molecular flexibility index (Phi) is 10.3. The van der Waals surface area contributed by atoms with Gasteiger partial charge in [-0.3, -0.25) is 0 Å². The summed E-state index contributed by atoms with van der Waals surface area (Å²) < 4.78 is 0. The normalized spacial score (nSPS) is 20.2. The Bertz CT molecular complexity index is 185. The van der Waals surface area contributed by atoms with Crippen molar-refractivity contribution in [3.05, 3.63) is 0 Å². The van der Waals surface area contributed by atoms with Crippen LogP contribution < -0.4 is 0 Å². The molecule has 0 heterocycles. The fourth-order valence-corrected chi connectivity index (χ4v) is 4.87. The van der Waals surface area contributed by atoms with Crippen LogP contribution in [0.25, 0.3) is 0 Å². The van der Waals surface area contributed by atoms with Gasteiger partial charge in [-0.2, -0.15) is 37.9 Å². The summed E-state index contributed by atoms with van der Waals surface area (Å²) in [4.78, 5) is 0. The first kappa shape index (κ1) is 18.9. The molecule has 0 spiro atoms. The van der Waals surface area contributed by atoms with Crippen molar-refractivity contribution in [2.75, 3.05) is 19.8 Å². The fraction of sp³-hybridized carbons (Fsp3) is 1.00. The van der Waals surface area contributed by atoms with E-state index in [2.05, 4.69) is 37.9 Å². The Morgan fingerprint density at radius 3 is 1.22 bits per heavy atom. The first-order valence-corrected chi connectivity index (χ1v) is 7.92. The molecule has 3 atom stereocenters. The summed E-state index contributed by atoms with van der Waals surface area (Å²) in [5.41, 5.74) is -0.316. The minimum atomic E-state index is -0.316. The average Bonchev–Trinajstić information content (AvgIpc) is 2.31. The third-order valence-electron chi connectivity index (χ3n) is 3.68. The molecule has 0 aliphatic heterocycles. The van der Waals surface area contributed by atoms with Crippen LogP contribution in [-0.4, -0.2) is 50.9 Å². The van der Waals surface area contributed by atoms with Crippen LogP contribution >= 0.6 is 37.9 Å². The minimum Gasteiger partial charge on any atom is -0.396 e. The van der Waals surface area contributed by atoms with Gasteiger partial charge in [0.2, 0.25) is 0 Å². The van der Waals surface area contributed by atoms with Crippen LogP contribution in [0.5, 0.6) is 0 Å². The van der Waals surface area contributed by atoms with E-state index in [1.807, 2.05) is 6.92 Å². The van der Waals surface area contributed by atoms with Gasteiger partial charge < -0.3 is 15.3 Å². The van der Waals surface area contributed by atoms with Crippen LogP contribution in [0.1, 0.15) is 32.6 Å². The number of hydrogen-bond acceptors (Lipinski definition) is 6. The fourth-order valence-electron chi connectivity index (χ4n) is 2.55. The number of rotatable bonds is 10. The molecule has 0 aromatic carbocycles. The molecular weight excluding hydrogens is 288 g/mol. The molecule has 3 nitrogen and oxygen atoms in total. The van der Waals surface area contributed by atoms with E-state index in [4.69, 9.17) is 15.3 Å². The Hall–Kier alpha value is 0.930. The molecule has 0 saturated carbocycles. The Balaban J connectivity index is 5.16. The molecule has 0 fully saturated rings. The first-order valence-electron chi connectivity index (χ1n) is 6.37. The SMILES string of the molecule is CCC(C(S)CCO)(C(S)CCO)C(S)CCO. The van der Waals surface area contributed by atoms with Crippen molar-refractivity contribution in [2.24, 2.45) is 5.41 Å². The summed E-state index contributed by atoms with van der Waals surface area (Å²) in [7, 11) is 0. The third kappa shape index (κ3) is 4.49. The second-order valence-corrected chi connectivity index (χ2v) is 6.42. The van der Waals surface area contributed by atoms with Crippen molar-refractivity contribution >= 4 is 37.9 Å². The van der Waals surface area contributed by atoms with Gasteiger partial charge in [0.1, 0.15) is 0 Å². The zero-order valence-corrected chi connectivity index (χ0v) is 13.5. The molecule has 18 heavy (non-hydrogen) atoms. The first-order chi connectivity index (χ1) is 8.50. The molecule has 0 amide bonds. The topological polar surface area (TPSA) is 60.7 Å². The lowest BCUT2D eigenvalue weighted by atomic mass is 9.72. The van der Waals surface area contributed by atoms with E-state index in [0.29, 0.717) is 19.3 Å². The molecule has 0 aromatic rings. The number of aliphatic hydroxyl groups excluding tert-OH is 3. The van der Waals surface area contributed by atoms with Crippen molar-refractivity contribution in [2.45, 2.75) is 48.4 Å². The summed E-state index contributed by atoms with van der Waals surface area (Å²) >= 11 is 13.8. The van der Waals surface area contributed by atoms with Gasteiger partial charge >= 0.3 is 0 Å². The summed E-state index contributed by atoms with van der Waals surface area (Å²) in [5, 5.41) is 27.2. The summed E-state index contributed by atoms with van der Waals surface area (Å²) in [6.45, 7) is 2.24. The van der Waals surface area contributed by atoms with Gasteiger partial charge in [-0.15, -0.1) is 0 Å². The second kappa shape index (κ2) is 9.77. The van der Waals surface area contributed by atoms with Crippen LogP contribution in [0.15, 0.2) is 0 Å². The van der Waals surface area contributed by atoms with E-state index in [1.165, 1.54) is 0 Å². The van der Waals surface area contributed by atoms with Gasteiger partial charge in [-0.25, -0.2) is 0 Å². The maximum atomic E-state index is 9.12. The second-order valence-electron chi connectivity index (χ2n) is 4.55. The van der Waals surface area contributed by atoms with Gasteiger partial charge in [0.05, 0.1) is 0 Å². The molecule has 110 valence electrons. The van der Waals surface area contributed by atoms with Gasteiger partial charge in [0.15, 0.2) is 0 Å². The van der Waals surface area contributed by atoms with Crippen molar-refractivity contribution in [1.82, 2.24) is 0 Å². The predicted molar refractivity (Wildman–Crippen MR) is 86.2 cm³/mol. The van der Waals surface area contributed by atoms with Crippen molar-refractivity contribution in [3.63, 3.8) is 0 Å². The lowest BCUT2D eigenvalue weighted by Crippen LogP contribution is -2.48. The van der Waals surface area contributed by atoms with Crippen LogP contribution in [0.4, 0.5) is 0 Å². The molecule has 0 rings (SSSR count). The molecular formula is C12H26O3S3. The van der Waals surface area contributed by atoms with Crippen LogP contribution in [0.3, 0.4) is 0 Å². The van der Waals surface area contributed by atoms with Crippen molar-refractivity contribution in [1.29, 1.82) is 0 Å². The zero-order chi connectivity index (χ0) is 14.2. The van der Waals surface area contributed by atoms with Gasteiger partial charge in [-0.05, 0) is 25.7 Å². The van der Waals surface area contributed by atoms with E-state index in [9.17, 15) is 0 Å². The van der Waals surface area contributed by atoms with E-state index >= 15 is 0 Å². The molecule has 0 aliphatic carbocycles.